The molecule has 0 atom stereocenters. The Hall–Kier alpha value is 0.485. The van der Waals surface area contributed by atoms with E-state index in [0.29, 0.717) is 12.2 Å². The van der Waals surface area contributed by atoms with Crippen molar-refractivity contribution >= 4 is 11.9 Å². The largest absolute Gasteiger partial charge is 1.00 e. The van der Waals surface area contributed by atoms with Gasteiger partial charge >= 0.3 is 64.2 Å². The van der Waals surface area contributed by atoms with Crippen molar-refractivity contribution in [3.63, 3.8) is 0 Å². The van der Waals surface area contributed by atoms with Gasteiger partial charge < -0.3 is 15.0 Å². The van der Waals surface area contributed by atoms with E-state index in [2.05, 4.69) is 0 Å². The molecule has 0 aliphatic rings. The molecule has 0 saturated carbocycles. The maximum Gasteiger partial charge on any atom is 1.00 e. The summed E-state index contributed by atoms with van der Waals surface area (Å²) in [6, 6.07) is 0. The average molecular weight is 201 g/mol. The second-order valence-electron chi connectivity index (χ2n) is 0.991. The van der Waals surface area contributed by atoms with E-state index in [-0.39, 0.29) is 58.2 Å². The Kier molecular flexibility index (Phi) is 8.94. The summed E-state index contributed by atoms with van der Waals surface area (Å²) < 4.78 is 0. The fraction of sp³-hybridized carbons (Fsp3) is 0. The van der Waals surface area contributed by atoms with Gasteiger partial charge in [-0.2, -0.15) is 0 Å². The molecule has 0 heterocycles. The van der Waals surface area contributed by atoms with E-state index in [1.54, 1.807) is 0 Å². The van der Waals surface area contributed by atoms with E-state index in [9.17, 15) is 14.7 Å². The maximum atomic E-state index is 9.53. The van der Waals surface area contributed by atoms with Crippen molar-refractivity contribution < 1.29 is 78.0 Å². The number of rotatable bonds is 2. The first-order valence-corrected chi connectivity index (χ1v) is 1.75. The van der Waals surface area contributed by atoms with Gasteiger partial charge in [-0.25, -0.2) is 4.79 Å². The summed E-state index contributed by atoms with van der Waals surface area (Å²) in [5.41, 5.74) is 0. The molecule has 0 aromatic rings. The first-order chi connectivity index (χ1) is 3.63. The molecule has 0 aliphatic heterocycles. The number of carboxylic acids is 2. The van der Waals surface area contributed by atoms with Crippen LogP contribution in [0, 0.1) is 0 Å². The summed E-state index contributed by atoms with van der Waals surface area (Å²) in [4.78, 5) is 19.0. The van der Waals surface area contributed by atoms with Gasteiger partial charge in [-0.3, -0.25) is 0 Å². The van der Waals surface area contributed by atoms with Crippen LogP contribution in [0.2, 0.25) is 0 Å². The zero-order valence-electron chi connectivity index (χ0n) is 4.83. The van der Waals surface area contributed by atoms with E-state index in [1.807, 2.05) is 0 Å². The van der Waals surface area contributed by atoms with Gasteiger partial charge in [-0.1, -0.05) is 0 Å². The van der Waals surface area contributed by atoms with Crippen LogP contribution in [0.15, 0.2) is 12.2 Å². The number of aliphatic carboxylic acids is 2. The zero-order valence-corrected chi connectivity index (χ0v) is 9.74. The minimum atomic E-state index is -1.51. The van der Waals surface area contributed by atoms with Crippen LogP contribution in [0.1, 0.15) is 0 Å². The molecule has 0 saturated heterocycles. The fourth-order valence-electron chi connectivity index (χ4n) is 0.139. The molecule has 0 rings (SSSR count). The summed E-state index contributed by atoms with van der Waals surface area (Å²) in [6.07, 6.45) is 0.942. The molecule has 0 bridgehead atoms. The smallest absolute Gasteiger partial charge is 0.545 e. The summed E-state index contributed by atoms with van der Waals surface area (Å²) >= 11 is 0. The van der Waals surface area contributed by atoms with Crippen molar-refractivity contribution in [3.05, 3.63) is 12.2 Å². The third-order valence-electron chi connectivity index (χ3n) is 0.362. The minimum absolute atomic E-state index is 0. The van der Waals surface area contributed by atoms with Crippen molar-refractivity contribution in [2.24, 2.45) is 0 Å². The predicted molar refractivity (Wildman–Crippen MR) is 21.8 cm³/mol. The minimum Gasteiger partial charge on any atom is -0.545 e. The molecule has 0 aromatic heterocycles. The molecule has 0 amide bonds. The first-order valence-electron chi connectivity index (χ1n) is 1.75. The topological polar surface area (TPSA) is 77.4 Å². The van der Waals surface area contributed by atoms with Crippen LogP contribution in [-0.4, -0.2) is 17.0 Å². The monoisotopic (exact) mass is 200 g/mol. The van der Waals surface area contributed by atoms with Gasteiger partial charge in [-0.05, 0) is 6.08 Å². The van der Waals surface area contributed by atoms with Gasteiger partial charge in [-0.15, -0.1) is 0 Å². The van der Waals surface area contributed by atoms with Crippen molar-refractivity contribution in [3.8, 4) is 0 Å². The summed E-state index contributed by atoms with van der Waals surface area (Å²) in [7, 11) is 0. The number of hydrogen-bond donors (Lipinski definition) is 1. The Labute approximate surface area is 100 Å². The molecule has 0 fully saturated rings. The third kappa shape index (κ3) is 11.9. The molecule has 0 aromatic carbocycles. The zero-order chi connectivity index (χ0) is 6.57. The van der Waals surface area contributed by atoms with Crippen LogP contribution in [0.5, 0.6) is 0 Å². The first kappa shape index (κ1) is 12.2. The summed E-state index contributed by atoms with van der Waals surface area (Å²) in [5, 5.41) is 17.2. The van der Waals surface area contributed by atoms with Gasteiger partial charge in [0.1, 0.15) is 0 Å². The maximum absolute atomic E-state index is 9.53. The molecule has 5 heteroatoms. The van der Waals surface area contributed by atoms with E-state index in [1.165, 1.54) is 0 Å². The van der Waals surface area contributed by atoms with Gasteiger partial charge in [0.25, 0.3) is 0 Å². The van der Waals surface area contributed by atoms with Crippen molar-refractivity contribution in [1.82, 2.24) is 0 Å². The normalized spacial score (nSPS) is 8.44. The van der Waals surface area contributed by atoms with E-state index >= 15 is 0 Å². The average Bonchev–Trinajstić information content (AvgIpc) is 1.61. The molecular formula is C4H3O4Rb. The van der Waals surface area contributed by atoms with Gasteiger partial charge in [0.2, 0.25) is 0 Å². The predicted octanol–water partition coefficient (Wildman–Crippen LogP) is -4.62. The molecule has 4 nitrogen and oxygen atoms in total. The van der Waals surface area contributed by atoms with Crippen molar-refractivity contribution in [2.75, 3.05) is 0 Å². The Morgan fingerprint density at radius 1 is 1.33 bits per heavy atom. The Bertz CT molecular complexity index is 124. The molecule has 0 aliphatic carbocycles. The van der Waals surface area contributed by atoms with Crippen LogP contribution < -0.4 is 63.3 Å². The van der Waals surface area contributed by atoms with Crippen LogP contribution in [-0.2, 0) is 9.59 Å². The molecular weight excluding hydrogens is 198 g/mol. The summed E-state index contributed by atoms with van der Waals surface area (Å²) in [5.74, 6) is -2.80. The Balaban J connectivity index is 0. The molecule has 0 spiro atoms. The van der Waals surface area contributed by atoms with Crippen LogP contribution in [0.25, 0.3) is 0 Å². The molecule has 1 N–H and O–H groups in total. The number of carbonyl (C=O) groups excluding carboxylic acids is 1. The van der Waals surface area contributed by atoms with Crippen LogP contribution in [0.4, 0.5) is 0 Å². The van der Waals surface area contributed by atoms with Crippen molar-refractivity contribution in [2.45, 2.75) is 0 Å². The second-order valence-corrected chi connectivity index (χ2v) is 0.991. The van der Waals surface area contributed by atoms with E-state index in [4.69, 9.17) is 5.11 Å². The van der Waals surface area contributed by atoms with Crippen LogP contribution in [0.3, 0.4) is 0 Å². The van der Waals surface area contributed by atoms with Crippen molar-refractivity contribution in [1.29, 1.82) is 0 Å². The number of hydrogen-bond acceptors (Lipinski definition) is 3. The van der Waals surface area contributed by atoms with E-state index in [0.717, 1.165) is 0 Å². The third-order valence-corrected chi connectivity index (χ3v) is 0.362. The SMILES string of the molecule is O=C([O-])C=CC(=O)O.[Rb+]. The van der Waals surface area contributed by atoms with Gasteiger partial charge in [0.05, 0.1) is 5.97 Å². The molecule has 9 heavy (non-hydrogen) atoms. The quantitative estimate of drug-likeness (QED) is 0.455. The number of carboxylic acid groups (broad SMARTS) is 2. The molecule has 0 unspecified atom stereocenters. The van der Waals surface area contributed by atoms with Gasteiger partial charge in [0, 0.05) is 6.08 Å². The van der Waals surface area contributed by atoms with E-state index < -0.39 is 11.9 Å². The van der Waals surface area contributed by atoms with Crippen LogP contribution >= 0.6 is 0 Å². The van der Waals surface area contributed by atoms with Gasteiger partial charge in [0.15, 0.2) is 0 Å². The second kappa shape index (κ2) is 6.60. The fourth-order valence-corrected chi connectivity index (χ4v) is 0.139. The number of carbonyl (C=O) groups is 2. The molecule has 44 valence electrons. The standard InChI is InChI=1S/C4H4O4.Rb/c5-3(6)1-2-4(7)8;/h1-2H,(H,5,6)(H,7,8);/q;+1/p-1. The Morgan fingerprint density at radius 2 is 1.78 bits per heavy atom. The summed E-state index contributed by atoms with van der Waals surface area (Å²) in [6.45, 7) is 0. The molecule has 0 radical (unpaired) electrons. The Morgan fingerprint density at radius 3 is 1.89 bits per heavy atom.